The first-order chi connectivity index (χ1) is 12.9. The van der Waals surface area contributed by atoms with Gasteiger partial charge in [0.15, 0.2) is 0 Å². The van der Waals surface area contributed by atoms with Gasteiger partial charge in [0.2, 0.25) is 0 Å². The van der Waals surface area contributed by atoms with Crippen LogP contribution in [0.5, 0.6) is 11.5 Å². The molecule has 0 saturated heterocycles. The van der Waals surface area contributed by atoms with Gasteiger partial charge in [-0.15, -0.1) is 0 Å². The monoisotopic (exact) mass is 368 g/mol. The third-order valence-electron chi connectivity index (χ3n) is 5.59. The van der Waals surface area contributed by atoms with Crippen molar-refractivity contribution in [3.63, 3.8) is 0 Å². The van der Waals surface area contributed by atoms with Crippen LogP contribution in [0.1, 0.15) is 39.4 Å². The van der Waals surface area contributed by atoms with E-state index in [-0.39, 0.29) is 6.04 Å². The molecular weight excluding hydrogens is 336 g/mol. The Kier molecular flexibility index (Phi) is 6.08. The number of likely N-dealkylation sites (N-methyl/N-ethyl adjacent to an activating group) is 1. The topological polar surface area (TPSA) is 33.7 Å². The average Bonchev–Trinajstić information content (AvgIpc) is 2.64. The molecule has 1 aliphatic rings. The molecule has 1 aliphatic heterocycles. The number of aryl methyl sites for hydroxylation is 1. The van der Waals surface area contributed by atoms with Gasteiger partial charge in [0.25, 0.3) is 0 Å². The molecule has 1 atom stereocenters. The van der Waals surface area contributed by atoms with E-state index in [1.807, 2.05) is 0 Å². The van der Waals surface area contributed by atoms with Crippen molar-refractivity contribution in [2.75, 3.05) is 40.9 Å². The summed E-state index contributed by atoms with van der Waals surface area (Å²) in [6.07, 6.45) is 1.03. The lowest BCUT2D eigenvalue weighted by Gasteiger charge is -2.31. The molecule has 0 bridgehead atoms. The molecule has 4 heteroatoms. The Hall–Kier alpha value is -2.04. The Morgan fingerprint density at radius 1 is 1.11 bits per heavy atom. The molecule has 2 aromatic carbocycles. The van der Waals surface area contributed by atoms with E-state index in [9.17, 15) is 0 Å². The molecule has 0 fully saturated rings. The Morgan fingerprint density at radius 2 is 1.89 bits per heavy atom. The van der Waals surface area contributed by atoms with E-state index < -0.39 is 0 Å². The van der Waals surface area contributed by atoms with Gasteiger partial charge in [0.05, 0.1) is 13.2 Å². The third-order valence-corrected chi connectivity index (χ3v) is 5.59. The van der Waals surface area contributed by atoms with Crippen molar-refractivity contribution in [3.8, 4) is 11.5 Å². The zero-order chi connectivity index (χ0) is 19.6. The van der Waals surface area contributed by atoms with Crippen molar-refractivity contribution in [1.82, 2.24) is 10.2 Å². The van der Waals surface area contributed by atoms with E-state index in [0.29, 0.717) is 6.61 Å². The third kappa shape index (κ3) is 4.12. The number of methoxy groups -OCH3 is 1. The maximum atomic E-state index is 5.94. The molecule has 0 amide bonds. The Morgan fingerprint density at radius 3 is 2.59 bits per heavy atom. The van der Waals surface area contributed by atoms with Crippen LogP contribution in [-0.2, 0) is 6.42 Å². The first-order valence-corrected chi connectivity index (χ1v) is 9.70. The van der Waals surface area contributed by atoms with Gasteiger partial charge in [-0.3, -0.25) is 0 Å². The highest BCUT2D eigenvalue weighted by Crippen LogP contribution is 2.37. The number of nitrogens with zero attached hydrogens (tertiary/aromatic N) is 1. The predicted octanol–water partition coefficient (Wildman–Crippen LogP) is 3.80. The normalized spacial score (nSPS) is 16.3. The molecule has 27 heavy (non-hydrogen) atoms. The molecule has 1 unspecified atom stereocenters. The van der Waals surface area contributed by atoms with Crippen molar-refractivity contribution in [2.24, 2.45) is 0 Å². The minimum Gasteiger partial charge on any atom is -0.496 e. The molecule has 0 aliphatic carbocycles. The van der Waals surface area contributed by atoms with Gasteiger partial charge in [0.1, 0.15) is 18.1 Å². The maximum absolute atomic E-state index is 5.94. The quantitative estimate of drug-likeness (QED) is 0.841. The predicted molar refractivity (Wildman–Crippen MR) is 111 cm³/mol. The number of nitrogens with one attached hydrogen (secondary N) is 1. The van der Waals surface area contributed by atoms with Crippen molar-refractivity contribution >= 4 is 0 Å². The van der Waals surface area contributed by atoms with Crippen LogP contribution in [0.3, 0.4) is 0 Å². The molecular formula is C23H32N2O2. The Labute approximate surface area is 163 Å². The Bertz CT molecular complexity index is 815. The smallest absolute Gasteiger partial charge is 0.122 e. The molecule has 3 rings (SSSR count). The number of benzene rings is 2. The lowest BCUT2D eigenvalue weighted by molar-refractivity contribution is 0.261. The summed E-state index contributed by atoms with van der Waals surface area (Å²) < 4.78 is 11.5. The summed E-state index contributed by atoms with van der Waals surface area (Å²) in [4.78, 5) is 2.13. The summed E-state index contributed by atoms with van der Waals surface area (Å²) in [5, 5.41) is 3.73. The van der Waals surface area contributed by atoms with Crippen molar-refractivity contribution < 1.29 is 9.47 Å². The summed E-state index contributed by atoms with van der Waals surface area (Å²) in [5.41, 5.74) is 7.91. The zero-order valence-electron chi connectivity index (χ0n) is 17.5. The van der Waals surface area contributed by atoms with Gasteiger partial charge in [-0.2, -0.15) is 0 Å². The van der Waals surface area contributed by atoms with E-state index in [4.69, 9.17) is 9.47 Å². The van der Waals surface area contributed by atoms with E-state index in [2.05, 4.69) is 69.3 Å². The zero-order valence-corrected chi connectivity index (χ0v) is 17.5. The first kappa shape index (κ1) is 19.7. The minimum absolute atomic E-state index is 0.217. The first-order valence-electron chi connectivity index (χ1n) is 9.70. The summed E-state index contributed by atoms with van der Waals surface area (Å²) in [7, 11) is 5.87. The summed E-state index contributed by atoms with van der Waals surface area (Å²) >= 11 is 0. The summed E-state index contributed by atoms with van der Waals surface area (Å²) in [6, 6.07) is 8.94. The van der Waals surface area contributed by atoms with Crippen LogP contribution in [0, 0.1) is 20.8 Å². The van der Waals surface area contributed by atoms with Gasteiger partial charge in [-0.05, 0) is 92.9 Å². The molecule has 4 nitrogen and oxygen atoms in total. The second-order valence-electron chi connectivity index (χ2n) is 7.71. The molecule has 0 aromatic heterocycles. The number of fused-ring (bicyclic) bond motifs is 1. The molecule has 146 valence electrons. The Balaban J connectivity index is 1.92. The van der Waals surface area contributed by atoms with Crippen molar-refractivity contribution in [2.45, 2.75) is 33.2 Å². The van der Waals surface area contributed by atoms with Crippen LogP contribution >= 0.6 is 0 Å². The number of rotatable bonds is 6. The van der Waals surface area contributed by atoms with Gasteiger partial charge in [0, 0.05) is 13.1 Å². The molecule has 0 spiro atoms. The second kappa shape index (κ2) is 8.32. The van der Waals surface area contributed by atoms with E-state index in [1.54, 1.807) is 7.11 Å². The fourth-order valence-electron chi connectivity index (χ4n) is 3.96. The second-order valence-corrected chi connectivity index (χ2v) is 7.71. The van der Waals surface area contributed by atoms with Crippen LogP contribution in [0.25, 0.3) is 0 Å². The van der Waals surface area contributed by atoms with Gasteiger partial charge in [-0.25, -0.2) is 0 Å². The number of hydrogen-bond acceptors (Lipinski definition) is 4. The molecule has 2 aromatic rings. The molecule has 0 radical (unpaired) electrons. The minimum atomic E-state index is 0.217. The van der Waals surface area contributed by atoms with Crippen LogP contribution < -0.4 is 14.8 Å². The van der Waals surface area contributed by atoms with E-state index in [1.165, 1.54) is 33.4 Å². The van der Waals surface area contributed by atoms with E-state index >= 15 is 0 Å². The standard InChI is InChI=1S/C23H32N2O2/c1-15-13-21(26-6)16(2)17(3)22(15)23-20-8-7-19(27-12-11-25(4)5)14-18(20)9-10-24-23/h7-8,13-14,23-24H,9-12H2,1-6H3. The fraction of sp³-hybridized carbons (Fsp3) is 0.478. The van der Waals surface area contributed by atoms with Crippen LogP contribution in [0.15, 0.2) is 24.3 Å². The SMILES string of the molecule is COc1cc(C)c(C2NCCc3cc(OCCN(C)C)ccc32)c(C)c1C. The van der Waals surface area contributed by atoms with Crippen LogP contribution in [0.2, 0.25) is 0 Å². The van der Waals surface area contributed by atoms with Gasteiger partial charge >= 0.3 is 0 Å². The van der Waals surface area contributed by atoms with Crippen LogP contribution in [-0.4, -0.2) is 45.8 Å². The van der Waals surface area contributed by atoms with Crippen molar-refractivity contribution in [3.05, 3.63) is 57.6 Å². The highest BCUT2D eigenvalue weighted by Gasteiger charge is 2.26. The lowest BCUT2D eigenvalue weighted by atomic mass is 9.84. The highest BCUT2D eigenvalue weighted by atomic mass is 16.5. The number of ether oxygens (including phenoxy) is 2. The molecule has 1 N–H and O–H groups in total. The van der Waals surface area contributed by atoms with Crippen LogP contribution in [0.4, 0.5) is 0 Å². The summed E-state index contributed by atoms with van der Waals surface area (Å²) in [5.74, 6) is 1.94. The van der Waals surface area contributed by atoms with Crippen molar-refractivity contribution in [1.29, 1.82) is 0 Å². The average molecular weight is 369 g/mol. The van der Waals surface area contributed by atoms with Gasteiger partial charge < -0.3 is 19.7 Å². The molecule has 1 heterocycles. The number of hydrogen-bond donors (Lipinski definition) is 1. The van der Waals surface area contributed by atoms with Gasteiger partial charge in [-0.1, -0.05) is 6.07 Å². The maximum Gasteiger partial charge on any atom is 0.122 e. The lowest BCUT2D eigenvalue weighted by Crippen LogP contribution is -2.31. The summed E-state index contributed by atoms with van der Waals surface area (Å²) in [6.45, 7) is 9.13. The highest BCUT2D eigenvalue weighted by molar-refractivity contribution is 5.53. The molecule has 0 saturated carbocycles. The fourth-order valence-corrected chi connectivity index (χ4v) is 3.96. The van der Waals surface area contributed by atoms with E-state index in [0.717, 1.165) is 31.0 Å². The largest absolute Gasteiger partial charge is 0.496 e.